The van der Waals surface area contributed by atoms with Gasteiger partial charge < -0.3 is 24.2 Å². The number of aliphatic hydroxyl groups excluding tert-OH is 1. The van der Waals surface area contributed by atoms with Gasteiger partial charge in [-0.25, -0.2) is 0 Å². The predicted octanol–water partition coefficient (Wildman–Crippen LogP) is -0.704. The second-order valence-corrected chi connectivity index (χ2v) is 5.81. The summed E-state index contributed by atoms with van der Waals surface area (Å²) < 4.78 is 5.59. The van der Waals surface area contributed by atoms with Crippen molar-refractivity contribution in [2.45, 2.75) is 44.8 Å². The second-order valence-electron chi connectivity index (χ2n) is 5.81. The van der Waals surface area contributed by atoms with Crippen molar-refractivity contribution in [3.8, 4) is 0 Å². The van der Waals surface area contributed by atoms with Gasteiger partial charge in [0, 0.05) is 12.4 Å². The molecule has 112 valence electrons. The molecule has 0 amide bonds. The Hall–Kier alpha value is -1.14. The lowest BCUT2D eigenvalue weighted by molar-refractivity contribution is -0.873. The molecule has 1 unspecified atom stereocenters. The van der Waals surface area contributed by atoms with Crippen LogP contribution in [0.25, 0.3) is 0 Å². The third-order valence-corrected chi connectivity index (χ3v) is 2.47. The lowest BCUT2D eigenvalue weighted by atomic mass is 10.1. The molecular weight excluding hydrogens is 250 g/mol. The van der Waals surface area contributed by atoms with E-state index in [1.807, 2.05) is 28.1 Å². The van der Waals surface area contributed by atoms with E-state index in [9.17, 15) is 19.8 Å². The van der Waals surface area contributed by atoms with E-state index in [1.54, 1.807) is 0 Å². The summed E-state index contributed by atoms with van der Waals surface area (Å²) in [5, 5.41) is 20.2. The van der Waals surface area contributed by atoms with Crippen LogP contribution in [0.5, 0.6) is 0 Å². The Morgan fingerprint density at radius 2 is 1.84 bits per heavy atom. The van der Waals surface area contributed by atoms with Crippen LogP contribution >= 0.6 is 0 Å². The maximum absolute atomic E-state index is 11.6. The number of carboxylic acid groups (broad SMARTS) is 1. The van der Waals surface area contributed by atoms with E-state index >= 15 is 0 Å². The number of ether oxygens (including phenoxy) is 1. The Kier molecular flexibility index (Phi) is 7.63. The number of esters is 1. The highest BCUT2D eigenvalue weighted by molar-refractivity contribution is 5.71. The number of quaternary nitrogens is 1. The van der Waals surface area contributed by atoms with Gasteiger partial charge in [0.1, 0.15) is 6.54 Å². The van der Waals surface area contributed by atoms with E-state index in [1.165, 1.54) is 0 Å². The lowest BCUT2D eigenvalue weighted by Gasteiger charge is -2.29. The van der Waals surface area contributed by atoms with Crippen LogP contribution < -0.4 is 5.11 Å². The third kappa shape index (κ3) is 10.5. The molecule has 0 aliphatic carbocycles. The van der Waals surface area contributed by atoms with Crippen molar-refractivity contribution in [3.63, 3.8) is 0 Å². The van der Waals surface area contributed by atoms with Crippen molar-refractivity contribution >= 4 is 11.9 Å². The van der Waals surface area contributed by atoms with Gasteiger partial charge in [0.05, 0.1) is 33.7 Å². The lowest BCUT2D eigenvalue weighted by Crippen LogP contribution is -2.45. The topological polar surface area (TPSA) is 86.7 Å². The SMILES string of the molecule is CCC[C@@H](O)CC(=O)OC(CC(=O)[O-])C[N+](C)(C)C. The largest absolute Gasteiger partial charge is 0.550 e. The van der Waals surface area contributed by atoms with Crippen molar-refractivity contribution in [2.75, 3.05) is 27.7 Å². The maximum atomic E-state index is 11.6. The van der Waals surface area contributed by atoms with E-state index in [0.29, 0.717) is 17.4 Å². The number of rotatable bonds is 9. The number of carbonyl (C=O) groups excluding carboxylic acids is 2. The van der Waals surface area contributed by atoms with E-state index in [-0.39, 0.29) is 12.8 Å². The zero-order valence-corrected chi connectivity index (χ0v) is 12.2. The van der Waals surface area contributed by atoms with Gasteiger partial charge in [-0.3, -0.25) is 4.79 Å². The van der Waals surface area contributed by atoms with Gasteiger partial charge in [0.2, 0.25) is 0 Å². The van der Waals surface area contributed by atoms with Crippen LogP contribution in [-0.4, -0.2) is 61.4 Å². The molecule has 19 heavy (non-hydrogen) atoms. The molecule has 0 spiro atoms. The average molecular weight is 275 g/mol. The zero-order chi connectivity index (χ0) is 15.1. The summed E-state index contributed by atoms with van der Waals surface area (Å²) in [6.45, 7) is 2.29. The summed E-state index contributed by atoms with van der Waals surface area (Å²) in [6.07, 6.45) is -0.595. The number of aliphatic carboxylic acids is 1. The fourth-order valence-corrected chi connectivity index (χ4v) is 1.80. The van der Waals surface area contributed by atoms with Crippen LogP contribution in [-0.2, 0) is 14.3 Å². The maximum Gasteiger partial charge on any atom is 0.308 e. The summed E-state index contributed by atoms with van der Waals surface area (Å²) in [4.78, 5) is 22.2. The van der Waals surface area contributed by atoms with Crippen LogP contribution in [0.15, 0.2) is 0 Å². The van der Waals surface area contributed by atoms with Gasteiger partial charge >= 0.3 is 5.97 Å². The molecule has 0 aliphatic rings. The van der Waals surface area contributed by atoms with Crippen LogP contribution in [0.4, 0.5) is 0 Å². The summed E-state index contributed by atoms with van der Waals surface area (Å²) in [6, 6.07) is 0. The number of hydrogen-bond acceptors (Lipinski definition) is 5. The minimum Gasteiger partial charge on any atom is -0.550 e. The highest BCUT2D eigenvalue weighted by atomic mass is 16.5. The van der Waals surface area contributed by atoms with E-state index in [0.717, 1.165) is 6.42 Å². The number of carbonyl (C=O) groups is 2. The van der Waals surface area contributed by atoms with Gasteiger partial charge in [0.15, 0.2) is 6.10 Å². The molecule has 0 bridgehead atoms. The summed E-state index contributed by atoms with van der Waals surface area (Å²) >= 11 is 0. The Balaban J connectivity index is 4.38. The van der Waals surface area contributed by atoms with Gasteiger partial charge in [0.25, 0.3) is 0 Å². The summed E-state index contributed by atoms with van der Waals surface area (Å²) in [5.41, 5.74) is 0. The number of likely N-dealkylation sites (N-methyl/N-ethyl adjacent to an activating group) is 1. The third-order valence-electron chi connectivity index (χ3n) is 2.47. The number of carboxylic acids is 1. The normalized spacial score (nSPS) is 14.8. The molecule has 0 saturated carbocycles. The highest BCUT2D eigenvalue weighted by Crippen LogP contribution is 2.08. The van der Waals surface area contributed by atoms with Crippen LogP contribution in [0.3, 0.4) is 0 Å². The molecule has 0 aliphatic heterocycles. The molecule has 2 atom stereocenters. The van der Waals surface area contributed by atoms with Crippen molar-refractivity contribution in [2.24, 2.45) is 0 Å². The van der Waals surface area contributed by atoms with Crippen LogP contribution in [0.2, 0.25) is 0 Å². The number of aliphatic hydroxyl groups is 1. The molecule has 0 radical (unpaired) electrons. The minimum absolute atomic E-state index is 0.103. The van der Waals surface area contributed by atoms with Crippen LogP contribution in [0.1, 0.15) is 32.6 Å². The average Bonchev–Trinajstić information content (AvgIpc) is 2.12. The molecule has 0 heterocycles. The predicted molar refractivity (Wildman–Crippen MR) is 67.9 cm³/mol. The summed E-state index contributed by atoms with van der Waals surface area (Å²) in [5.74, 6) is -1.82. The molecular formula is C13H25NO5. The summed E-state index contributed by atoms with van der Waals surface area (Å²) in [7, 11) is 5.63. The first-order chi connectivity index (χ1) is 8.64. The van der Waals surface area contributed by atoms with Gasteiger partial charge in [-0.1, -0.05) is 13.3 Å². The second kappa shape index (κ2) is 8.12. The number of hydrogen-bond donors (Lipinski definition) is 1. The molecule has 6 nitrogen and oxygen atoms in total. The van der Waals surface area contributed by atoms with Gasteiger partial charge in [-0.05, 0) is 6.42 Å². The van der Waals surface area contributed by atoms with E-state index < -0.39 is 24.1 Å². The Morgan fingerprint density at radius 1 is 1.26 bits per heavy atom. The molecule has 0 rings (SSSR count). The van der Waals surface area contributed by atoms with Gasteiger partial charge in [-0.2, -0.15) is 0 Å². The van der Waals surface area contributed by atoms with E-state index in [2.05, 4.69) is 0 Å². The number of nitrogens with zero attached hydrogens (tertiary/aromatic N) is 1. The highest BCUT2D eigenvalue weighted by Gasteiger charge is 2.23. The monoisotopic (exact) mass is 275 g/mol. The quantitative estimate of drug-likeness (QED) is 0.444. The van der Waals surface area contributed by atoms with Gasteiger partial charge in [-0.15, -0.1) is 0 Å². The van der Waals surface area contributed by atoms with Crippen LogP contribution in [0, 0.1) is 0 Å². The molecule has 0 aromatic carbocycles. The van der Waals surface area contributed by atoms with Crippen molar-refractivity contribution in [3.05, 3.63) is 0 Å². The molecule has 0 aromatic rings. The standard InChI is InChI=1S/C13H25NO5/c1-5-6-10(15)7-13(18)19-11(8-12(16)17)9-14(2,3)4/h10-11,15H,5-9H2,1-4H3/t10-,11?/m1/s1. The first-order valence-electron chi connectivity index (χ1n) is 6.52. The van der Waals surface area contributed by atoms with Crippen molar-refractivity contribution in [1.29, 1.82) is 0 Å². The molecule has 0 saturated heterocycles. The molecule has 0 fully saturated rings. The fraction of sp³-hybridized carbons (Fsp3) is 0.846. The minimum atomic E-state index is -1.25. The fourth-order valence-electron chi connectivity index (χ4n) is 1.80. The molecule has 6 heteroatoms. The Bertz CT molecular complexity index is 298. The smallest absolute Gasteiger partial charge is 0.308 e. The molecule has 0 aromatic heterocycles. The molecule has 1 N–H and O–H groups in total. The Morgan fingerprint density at radius 3 is 2.26 bits per heavy atom. The Labute approximate surface area is 114 Å². The van der Waals surface area contributed by atoms with E-state index in [4.69, 9.17) is 4.74 Å². The van der Waals surface area contributed by atoms with Crippen molar-refractivity contribution < 1.29 is 29.0 Å². The first kappa shape index (κ1) is 17.9. The zero-order valence-electron chi connectivity index (χ0n) is 12.2. The van der Waals surface area contributed by atoms with Crippen molar-refractivity contribution in [1.82, 2.24) is 0 Å². The first-order valence-corrected chi connectivity index (χ1v) is 6.52.